The minimum Gasteiger partial charge on any atom is -0.486 e. The highest BCUT2D eigenvalue weighted by atomic mass is 35.5. The topological polar surface area (TPSA) is 30.7 Å². The highest BCUT2D eigenvalue weighted by Gasteiger charge is 2.15. The minimum atomic E-state index is 0.435. The maximum absolute atomic E-state index is 11.3. The molecule has 106 valence electrons. The largest absolute Gasteiger partial charge is 0.486 e. The Morgan fingerprint density at radius 2 is 1.95 bits per heavy atom. The number of pyridine rings is 1. The van der Waals surface area contributed by atoms with E-state index in [1.165, 1.54) is 0 Å². The van der Waals surface area contributed by atoms with Crippen molar-refractivity contribution in [3.05, 3.63) is 70.5 Å². The first-order valence-electron chi connectivity index (χ1n) is 6.63. The van der Waals surface area contributed by atoms with Gasteiger partial charge in [0, 0.05) is 16.8 Å². The van der Waals surface area contributed by atoms with Crippen molar-refractivity contribution in [3.8, 4) is 5.75 Å². The molecule has 1 aromatic carbocycles. The predicted octanol–water partition coefficient (Wildman–Crippen LogP) is 4.29. The normalized spacial score (nSPS) is 10.8. The first-order valence-corrected chi connectivity index (χ1v) is 7.00. The van der Waals surface area contributed by atoms with Crippen molar-refractivity contribution in [3.63, 3.8) is 0 Å². The summed E-state index contributed by atoms with van der Waals surface area (Å²) in [6.45, 7) is 2.33. The third kappa shape index (κ3) is 2.52. The van der Waals surface area contributed by atoms with Gasteiger partial charge >= 0.3 is 0 Å². The lowest BCUT2D eigenvalue weighted by Gasteiger charge is -2.07. The van der Waals surface area contributed by atoms with Crippen LogP contribution in [-0.2, 0) is 6.61 Å². The van der Waals surface area contributed by atoms with Crippen molar-refractivity contribution >= 4 is 23.4 Å². The van der Waals surface area contributed by atoms with E-state index in [4.69, 9.17) is 16.3 Å². The van der Waals surface area contributed by atoms with E-state index in [1.54, 1.807) is 0 Å². The smallest absolute Gasteiger partial charge is 0.167 e. The molecule has 0 aliphatic heterocycles. The van der Waals surface area contributed by atoms with Crippen LogP contribution in [-0.4, -0.2) is 10.7 Å². The predicted molar refractivity (Wildman–Crippen MR) is 83.3 cm³/mol. The van der Waals surface area contributed by atoms with Gasteiger partial charge < -0.3 is 9.14 Å². The van der Waals surface area contributed by atoms with Crippen molar-refractivity contribution < 1.29 is 9.53 Å². The van der Waals surface area contributed by atoms with Gasteiger partial charge in [0.15, 0.2) is 6.29 Å². The Morgan fingerprint density at radius 3 is 2.67 bits per heavy atom. The average Bonchev–Trinajstić information content (AvgIpc) is 2.78. The van der Waals surface area contributed by atoms with Gasteiger partial charge in [-0.05, 0) is 36.8 Å². The molecule has 0 N–H and O–H groups in total. The van der Waals surface area contributed by atoms with Gasteiger partial charge in [-0.1, -0.05) is 29.8 Å². The minimum absolute atomic E-state index is 0.435. The highest BCUT2D eigenvalue weighted by molar-refractivity contribution is 6.30. The first-order chi connectivity index (χ1) is 10.2. The summed E-state index contributed by atoms with van der Waals surface area (Å²) in [4.78, 5) is 11.3. The van der Waals surface area contributed by atoms with Crippen LogP contribution in [0, 0.1) is 6.92 Å². The van der Waals surface area contributed by atoms with Crippen LogP contribution < -0.4 is 4.74 Å². The molecule has 0 spiro atoms. The Hall–Kier alpha value is -2.26. The molecule has 3 aromatic rings. The van der Waals surface area contributed by atoms with Crippen LogP contribution >= 0.6 is 11.6 Å². The summed E-state index contributed by atoms with van der Waals surface area (Å²) in [6, 6.07) is 13.3. The number of benzene rings is 1. The molecule has 4 heteroatoms. The molecule has 0 saturated carbocycles. The molecular weight excluding hydrogens is 286 g/mol. The van der Waals surface area contributed by atoms with Crippen molar-refractivity contribution in [2.75, 3.05) is 0 Å². The Balaban J connectivity index is 1.95. The molecule has 3 nitrogen and oxygen atoms in total. The monoisotopic (exact) mass is 299 g/mol. The number of hydrogen-bond acceptors (Lipinski definition) is 2. The van der Waals surface area contributed by atoms with Gasteiger partial charge in [-0.2, -0.15) is 0 Å². The lowest BCUT2D eigenvalue weighted by atomic mass is 10.2. The van der Waals surface area contributed by atoms with E-state index in [0.717, 1.165) is 28.7 Å². The number of aromatic nitrogens is 1. The standard InChI is InChI=1S/C17H14ClNO2/c1-12-16(10-20)19-9-3-2-4-15(19)17(12)21-11-13-5-7-14(18)8-6-13/h2-10H,11H2,1H3. The van der Waals surface area contributed by atoms with E-state index in [9.17, 15) is 4.79 Å². The summed E-state index contributed by atoms with van der Waals surface area (Å²) in [6.07, 6.45) is 2.72. The van der Waals surface area contributed by atoms with Gasteiger partial charge in [0.05, 0.1) is 11.2 Å². The highest BCUT2D eigenvalue weighted by Crippen LogP contribution is 2.30. The summed E-state index contributed by atoms with van der Waals surface area (Å²) in [5, 5.41) is 0.701. The summed E-state index contributed by atoms with van der Waals surface area (Å²) in [5.74, 6) is 0.743. The molecule has 0 bridgehead atoms. The molecule has 2 heterocycles. The van der Waals surface area contributed by atoms with Crippen LogP contribution in [0.5, 0.6) is 5.75 Å². The summed E-state index contributed by atoms with van der Waals surface area (Å²) in [7, 11) is 0. The molecule has 0 aliphatic carbocycles. The Bertz CT molecular complexity index is 790. The van der Waals surface area contributed by atoms with E-state index >= 15 is 0 Å². The van der Waals surface area contributed by atoms with Crippen LogP contribution in [0.25, 0.3) is 5.52 Å². The fourth-order valence-electron chi connectivity index (χ4n) is 2.39. The van der Waals surface area contributed by atoms with Crippen molar-refractivity contribution in [2.45, 2.75) is 13.5 Å². The second kappa shape index (κ2) is 5.62. The van der Waals surface area contributed by atoms with Crippen LogP contribution in [0.4, 0.5) is 0 Å². The molecule has 0 saturated heterocycles. The number of carbonyl (C=O) groups is 1. The number of nitrogens with zero attached hydrogens (tertiary/aromatic N) is 1. The number of aldehydes is 1. The van der Waals surface area contributed by atoms with Crippen molar-refractivity contribution in [2.24, 2.45) is 0 Å². The SMILES string of the molecule is Cc1c(OCc2ccc(Cl)cc2)c2ccccn2c1C=O. The zero-order chi connectivity index (χ0) is 14.8. The summed E-state index contributed by atoms with van der Waals surface area (Å²) in [5.41, 5.74) is 3.40. The zero-order valence-corrected chi connectivity index (χ0v) is 12.3. The molecule has 0 unspecified atom stereocenters. The van der Waals surface area contributed by atoms with E-state index in [2.05, 4.69) is 0 Å². The van der Waals surface area contributed by atoms with E-state index in [-0.39, 0.29) is 0 Å². The quantitative estimate of drug-likeness (QED) is 0.673. The maximum Gasteiger partial charge on any atom is 0.167 e. The Kier molecular flexibility index (Phi) is 3.67. The van der Waals surface area contributed by atoms with Crippen molar-refractivity contribution in [1.29, 1.82) is 0 Å². The summed E-state index contributed by atoms with van der Waals surface area (Å²) < 4.78 is 7.78. The molecule has 3 rings (SSSR count). The van der Waals surface area contributed by atoms with Crippen LogP contribution in [0.1, 0.15) is 21.6 Å². The molecule has 0 amide bonds. The molecule has 0 aliphatic rings. The van der Waals surface area contributed by atoms with Crippen molar-refractivity contribution in [1.82, 2.24) is 4.40 Å². The van der Waals surface area contributed by atoms with Crippen LogP contribution in [0.2, 0.25) is 5.02 Å². The van der Waals surface area contributed by atoms with Gasteiger partial charge in [-0.15, -0.1) is 0 Å². The van der Waals surface area contributed by atoms with Gasteiger partial charge in [-0.3, -0.25) is 4.79 Å². The van der Waals surface area contributed by atoms with E-state index in [1.807, 2.05) is 60.0 Å². The lowest BCUT2D eigenvalue weighted by molar-refractivity contribution is 0.111. The number of halogens is 1. The Morgan fingerprint density at radius 1 is 1.19 bits per heavy atom. The van der Waals surface area contributed by atoms with Gasteiger partial charge in [0.1, 0.15) is 12.4 Å². The molecule has 0 atom stereocenters. The van der Waals surface area contributed by atoms with E-state index in [0.29, 0.717) is 17.3 Å². The van der Waals surface area contributed by atoms with E-state index < -0.39 is 0 Å². The summed E-state index contributed by atoms with van der Waals surface area (Å²) >= 11 is 5.87. The number of fused-ring (bicyclic) bond motifs is 1. The molecular formula is C17H14ClNO2. The molecule has 21 heavy (non-hydrogen) atoms. The third-order valence-electron chi connectivity index (χ3n) is 3.48. The van der Waals surface area contributed by atoms with Gasteiger partial charge in [0.25, 0.3) is 0 Å². The number of rotatable bonds is 4. The van der Waals surface area contributed by atoms with Crippen LogP contribution in [0.3, 0.4) is 0 Å². The number of carbonyl (C=O) groups excluding carboxylic acids is 1. The number of ether oxygens (including phenoxy) is 1. The average molecular weight is 300 g/mol. The maximum atomic E-state index is 11.3. The second-order valence-corrected chi connectivity index (χ2v) is 5.26. The fourth-order valence-corrected chi connectivity index (χ4v) is 2.52. The van der Waals surface area contributed by atoms with Gasteiger partial charge in [-0.25, -0.2) is 0 Å². The zero-order valence-electron chi connectivity index (χ0n) is 11.5. The molecule has 0 radical (unpaired) electrons. The second-order valence-electron chi connectivity index (χ2n) is 4.83. The first kappa shape index (κ1) is 13.7. The Labute approximate surface area is 127 Å². The molecule has 2 aromatic heterocycles. The van der Waals surface area contributed by atoms with Gasteiger partial charge in [0.2, 0.25) is 0 Å². The molecule has 0 fully saturated rings. The lowest BCUT2D eigenvalue weighted by Crippen LogP contribution is -1.96. The van der Waals surface area contributed by atoms with Crippen LogP contribution in [0.15, 0.2) is 48.7 Å². The third-order valence-corrected chi connectivity index (χ3v) is 3.74. The fraction of sp³-hybridized carbons (Fsp3) is 0.118. The number of hydrogen-bond donors (Lipinski definition) is 0.